The van der Waals surface area contributed by atoms with Gasteiger partial charge in [-0.2, -0.15) is 0 Å². The van der Waals surface area contributed by atoms with Crippen LogP contribution in [0.4, 0.5) is 0 Å². The average molecular weight is 304 g/mol. The maximum atomic E-state index is 3.69. The Morgan fingerprint density at radius 2 is 1.92 bits per heavy atom. The van der Waals surface area contributed by atoms with Gasteiger partial charge < -0.3 is 0 Å². The largest absolute Gasteiger partial charge is 0.0908 e. The molecule has 0 bridgehead atoms. The van der Waals surface area contributed by atoms with Gasteiger partial charge in [0.05, 0.1) is 3.23 Å². The van der Waals surface area contributed by atoms with E-state index in [1.807, 2.05) is 0 Å². The van der Waals surface area contributed by atoms with E-state index < -0.39 is 0 Å². The third kappa shape index (κ3) is 1.48. The Labute approximate surface area is 96.0 Å². The lowest BCUT2D eigenvalue weighted by Gasteiger charge is -2.13. The maximum absolute atomic E-state index is 3.69. The Bertz CT molecular complexity index is 344. The molecule has 1 fully saturated rings. The van der Waals surface area contributed by atoms with E-state index in [0.717, 1.165) is 6.42 Å². The molecule has 1 aromatic carbocycles. The summed E-state index contributed by atoms with van der Waals surface area (Å²) >= 11 is 7.37. The first-order valence-electron chi connectivity index (χ1n) is 4.41. The molecule has 0 spiro atoms. The van der Waals surface area contributed by atoms with Crippen LogP contribution in [-0.4, -0.2) is 3.23 Å². The number of benzene rings is 1. The van der Waals surface area contributed by atoms with Crippen molar-refractivity contribution in [3.63, 3.8) is 0 Å². The molecule has 0 aliphatic heterocycles. The first kappa shape index (κ1) is 9.72. The summed E-state index contributed by atoms with van der Waals surface area (Å²) in [6.07, 6.45) is 1.16. The predicted octanol–water partition coefficient (Wildman–Crippen LogP) is 4.14. The fourth-order valence-corrected chi connectivity index (χ4v) is 3.28. The summed E-state index contributed by atoms with van der Waals surface area (Å²) in [5.74, 6) is 0. The second kappa shape index (κ2) is 2.83. The zero-order valence-corrected chi connectivity index (χ0v) is 10.9. The molecule has 1 aliphatic rings. The monoisotopic (exact) mass is 302 g/mol. The molecule has 0 nitrogen and oxygen atoms in total. The zero-order valence-electron chi connectivity index (χ0n) is 7.77. The van der Waals surface area contributed by atoms with Crippen molar-refractivity contribution in [1.29, 1.82) is 0 Å². The summed E-state index contributed by atoms with van der Waals surface area (Å²) in [6, 6.07) is 8.74. The van der Waals surface area contributed by atoms with Crippen LogP contribution >= 0.6 is 31.9 Å². The van der Waals surface area contributed by atoms with E-state index >= 15 is 0 Å². The molecule has 2 rings (SSSR count). The van der Waals surface area contributed by atoms with Gasteiger partial charge >= 0.3 is 0 Å². The Morgan fingerprint density at radius 1 is 1.31 bits per heavy atom. The maximum Gasteiger partial charge on any atom is 0.0908 e. The summed E-state index contributed by atoms with van der Waals surface area (Å²) in [4.78, 5) is 0. The lowest BCUT2D eigenvalue weighted by Crippen LogP contribution is -2.08. The van der Waals surface area contributed by atoms with Crippen LogP contribution in [0.25, 0.3) is 0 Å². The van der Waals surface area contributed by atoms with Crippen molar-refractivity contribution in [3.8, 4) is 0 Å². The Hall–Kier alpha value is 0.180. The van der Waals surface area contributed by atoms with Gasteiger partial charge in [-0.15, -0.1) is 0 Å². The SMILES string of the molecule is Cc1cccc(C2(C)CC2(Br)Br)c1. The molecule has 1 unspecified atom stereocenters. The highest BCUT2D eigenvalue weighted by Crippen LogP contribution is 2.66. The number of hydrogen-bond donors (Lipinski definition) is 0. The summed E-state index contributed by atoms with van der Waals surface area (Å²) in [7, 11) is 0. The van der Waals surface area contributed by atoms with E-state index in [1.165, 1.54) is 11.1 Å². The Balaban J connectivity index is 2.38. The van der Waals surface area contributed by atoms with Gasteiger partial charge in [0, 0.05) is 5.41 Å². The van der Waals surface area contributed by atoms with Crippen molar-refractivity contribution in [2.45, 2.75) is 28.9 Å². The second-order valence-electron chi connectivity index (χ2n) is 4.08. The molecule has 1 saturated carbocycles. The topological polar surface area (TPSA) is 0 Å². The molecule has 0 amide bonds. The van der Waals surface area contributed by atoms with Gasteiger partial charge in [-0.25, -0.2) is 0 Å². The molecule has 0 heterocycles. The highest BCUT2D eigenvalue weighted by molar-refractivity contribution is 9.25. The highest BCUT2D eigenvalue weighted by Gasteiger charge is 2.62. The van der Waals surface area contributed by atoms with Crippen molar-refractivity contribution in [1.82, 2.24) is 0 Å². The predicted molar refractivity (Wildman–Crippen MR) is 63.7 cm³/mol. The molecule has 0 saturated heterocycles. The molecular weight excluding hydrogens is 292 g/mol. The van der Waals surface area contributed by atoms with Gasteiger partial charge in [0.2, 0.25) is 0 Å². The third-order valence-corrected chi connectivity index (χ3v) is 5.22. The van der Waals surface area contributed by atoms with Crippen LogP contribution < -0.4 is 0 Å². The minimum absolute atomic E-state index is 0.126. The molecule has 0 N–H and O–H groups in total. The lowest BCUT2D eigenvalue weighted by molar-refractivity contribution is 0.785. The minimum atomic E-state index is 0.126. The van der Waals surface area contributed by atoms with Gasteiger partial charge in [0.1, 0.15) is 0 Å². The van der Waals surface area contributed by atoms with Crippen molar-refractivity contribution in [2.75, 3.05) is 0 Å². The molecule has 0 radical (unpaired) electrons. The smallest absolute Gasteiger partial charge is 0.0717 e. The normalized spacial score (nSPS) is 30.2. The van der Waals surface area contributed by atoms with Gasteiger partial charge in [-0.1, -0.05) is 68.6 Å². The van der Waals surface area contributed by atoms with Crippen LogP contribution in [-0.2, 0) is 5.41 Å². The van der Waals surface area contributed by atoms with Gasteiger partial charge in [0.25, 0.3) is 0 Å². The van der Waals surface area contributed by atoms with Gasteiger partial charge in [-0.05, 0) is 18.9 Å². The van der Waals surface area contributed by atoms with Crippen LogP contribution in [0.1, 0.15) is 24.5 Å². The van der Waals surface area contributed by atoms with E-state index in [2.05, 4.69) is 70.0 Å². The fourth-order valence-electron chi connectivity index (χ4n) is 1.70. The fraction of sp³-hybridized carbons (Fsp3) is 0.455. The highest BCUT2D eigenvalue weighted by atomic mass is 79.9. The number of aryl methyl sites for hydroxylation is 1. The van der Waals surface area contributed by atoms with Crippen LogP contribution in [0.3, 0.4) is 0 Å². The van der Waals surface area contributed by atoms with E-state index in [1.54, 1.807) is 0 Å². The van der Waals surface area contributed by atoms with Gasteiger partial charge in [0.15, 0.2) is 0 Å². The van der Waals surface area contributed by atoms with Crippen LogP contribution in [0.15, 0.2) is 24.3 Å². The summed E-state index contributed by atoms with van der Waals surface area (Å²) in [5, 5.41) is 0. The van der Waals surface area contributed by atoms with E-state index in [4.69, 9.17) is 0 Å². The van der Waals surface area contributed by atoms with E-state index in [9.17, 15) is 0 Å². The molecular formula is C11H12Br2. The summed E-state index contributed by atoms with van der Waals surface area (Å²) in [6.45, 7) is 4.42. The molecule has 0 aromatic heterocycles. The average Bonchev–Trinajstić information content (AvgIpc) is 2.53. The number of rotatable bonds is 1. The molecule has 13 heavy (non-hydrogen) atoms. The van der Waals surface area contributed by atoms with Crippen molar-refractivity contribution < 1.29 is 0 Å². The lowest BCUT2D eigenvalue weighted by atomic mass is 9.97. The first-order valence-corrected chi connectivity index (χ1v) is 5.99. The van der Waals surface area contributed by atoms with E-state index in [-0.39, 0.29) is 8.65 Å². The number of halogens is 2. The van der Waals surface area contributed by atoms with Crippen molar-refractivity contribution in [3.05, 3.63) is 35.4 Å². The quantitative estimate of drug-likeness (QED) is 0.684. The molecule has 1 aliphatic carbocycles. The number of hydrogen-bond acceptors (Lipinski definition) is 0. The van der Waals surface area contributed by atoms with Crippen LogP contribution in [0.5, 0.6) is 0 Å². The van der Waals surface area contributed by atoms with Crippen LogP contribution in [0.2, 0.25) is 0 Å². The van der Waals surface area contributed by atoms with Crippen molar-refractivity contribution in [2.24, 2.45) is 0 Å². The van der Waals surface area contributed by atoms with E-state index in [0.29, 0.717) is 0 Å². The molecule has 70 valence electrons. The first-order chi connectivity index (χ1) is 5.96. The second-order valence-corrected chi connectivity index (χ2v) is 7.85. The molecule has 2 heteroatoms. The summed E-state index contributed by atoms with van der Waals surface area (Å²) in [5.41, 5.74) is 3.02. The standard InChI is InChI=1S/C11H12Br2/c1-8-4-3-5-9(6-8)10(2)7-11(10,12)13/h3-6H,7H2,1-2H3. The minimum Gasteiger partial charge on any atom is -0.0717 e. The Kier molecular flexibility index (Phi) is 2.12. The number of alkyl halides is 2. The van der Waals surface area contributed by atoms with Gasteiger partial charge in [-0.3, -0.25) is 0 Å². The van der Waals surface area contributed by atoms with Crippen molar-refractivity contribution >= 4 is 31.9 Å². The molecule has 1 aromatic rings. The third-order valence-electron chi connectivity index (χ3n) is 2.91. The Morgan fingerprint density at radius 3 is 2.38 bits per heavy atom. The molecule has 1 atom stereocenters. The zero-order chi connectivity index (χ0) is 9.69. The summed E-state index contributed by atoms with van der Waals surface area (Å²) < 4.78 is 0.126. The van der Waals surface area contributed by atoms with Crippen LogP contribution in [0, 0.1) is 6.92 Å².